The minimum Gasteiger partial charge on any atom is -0.361 e. The maximum atomic E-state index is 12.9. The molecule has 0 aromatic carbocycles. The zero-order chi connectivity index (χ0) is 21.5. The zero-order valence-corrected chi connectivity index (χ0v) is 16.8. The number of hydrogen-bond donors (Lipinski definition) is 1. The molecule has 0 atom stereocenters. The van der Waals surface area contributed by atoms with Gasteiger partial charge in [0.25, 0.3) is 12.0 Å². The number of aromatic nitrogens is 2. The van der Waals surface area contributed by atoms with Crippen molar-refractivity contribution in [3.05, 3.63) is 31.3 Å². The van der Waals surface area contributed by atoms with E-state index in [1.165, 1.54) is 0 Å². The average molecular weight is 456 g/mol. The summed E-state index contributed by atoms with van der Waals surface area (Å²) in [6.07, 6.45) is -8.86. The summed E-state index contributed by atoms with van der Waals surface area (Å²) >= 11 is 6.19. The molecule has 3 heterocycles. The van der Waals surface area contributed by atoms with Gasteiger partial charge in [0.15, 0.2) is 5.11 Å². The molecule has 2 aromatic heterocycles. The van der Waals surface area contributed by atoms with Crippen molar-refractivity contribution in [2.45, 2.75) is 45.6 Å². The van der Waals surface area contributed by atoms with Gasteiger partial charge in [-0.15, -0.1) is 11.3 Å². The van der Waals surface area contributed by atoms with Crippen molar-refractivity contribution in [3.8, 4) is 0 Å². The minimum atomic E-state index is -4.54. The molecule has 2 aromatic rings. The van der Waals surface area contributed by atoms with Gasteiger partial charge in [-0.25, -0.2) is 13.6 Å². The van der Waals surface area contributed by atoms with Gasteiger partial charge >= 0.3 is 11.9 Å². The number of thiocarbonyl (C=S) groups is 1. The second kappa shape index (κ2) is 8.01. The van der Waals surface area contributed by atoms with Crippen LogP contribution in [0.25, 0.3) is 10.2 Å². The number of alkyl halides is 5. The molecule has 6 nitrogen and oxygen atoms in total. The monoisotopic (exact) mass is 456 g/mol. The summed E-state index contributed by atoms with van der Waals surface area (Å²) in [7, 11) is 0. The van der Waals surface area contributed by atoms with Gasteiger partial charge in [-0.3, -0.25) is 13.9 Å². The summed E-state index contributed by atoms with van der Waals surface area (Å²) in [6.45, 7) is 1.21. The van der Waals surface area contributed by atoms with E-state index in [2.05, 4.69) is 5.32 Å². The molecule has 0 unspecified atom stereocenters. The van der Waals surface area contributed by atoms with Gasteiger partial charge in [0.2, 0.25) is 0 Å². The molecule has 0 bridgehead atoms. The molecule has 1 fully saturated rings. The molecule has 1 aliphatic rings. The smallest absolute Gasteiger partial charge is 0.361 e. The summed E-state index contributed by atoms with van der Waals surface area (Å²) in [6, 6.07) is 0. The predicted molar refractivity (Wildman–Crippen MR) is 103 cm³/mol. The van der Waals surface area contributed by atoms with Crippen LogP contribution in [0.2, 0.25) is 0 Å². The first-order chi connectivity index (χ1) is 13.5. The highest BCUT2D eigenvalue weighted by atomic mass is 32.1. The molecule has 160 valence electrons. The van der Waals surface area contributed by atoms with E-state index in [4.69, 9.17) is 12.2 Å². The normalized spacial score (nSPS) is 15.0. The number of fused-ring (bicyclic) bond motifs is 1. The minimum absolute atomic E-state index is 0.00880. The van der Waals surface area contributed by atoms with Crippen molar-refractivity contribution in [2.75, 3.05) is 13.1 Å². The summed E-state index contributed by atoms with van der Waals surface area (Å²) in [4.78, 5) is 27.8. The molecule has 1 N–H and O–H groups in total. The van der Waals surface area contributed by atoms with Gasteiger partial charge < -0.3 is 10.2 Å². The SMILES string of the molecule is Cc1c(CN2CCNC2=S)sc2c1c(=O)n(CC(F)F)c(=O)n2CCC(F)(F)F. The van der Waals surface area contributed by atoms with Crippen LogP contribution in [-0.2, 0) is 19.6 Å². The topological polar surface area (TPSA) is 59.3 Å². The van der Waals surface area contributed by atoms with E-state index in [0.717, 1.165) is 15.9 Å². The van der Waals surface area contributed by atoms with Gasteiger partial charge in [-0.1, -0.05) is 0 Å². The largest absolute Gasteiger partial charge is 0.390 e. The Hall–Kier alpha value is -2.02. The van der Waals surface area contributed by atoms with Crippen molar-refractivity contribution in [1.82, 2.24) is 19.4 Å². The van der Waals surface area contributed by atoms with E-state index in [-0.39, 0.29) is 10.2 Å². The van der Waals surface area contributed by atoms with Crippen molar-refractivity contribution < 1.29 is 22.0 Å². The molecule has 0 aliphatic carbocycles. The standard InChI is InChI=1S/C16H17F5N4O2S2/c1-8-9(6-23-5-3-22-14(23)28)29-13-11(8)12(26)25(7-10(17)18)15(27)24(13)4-2-16(19,20)21/h10H,2-7H2,1H3,(H,22,28). The van der Waals surface area contributed by atoms with Crippen LogP contribution in [0, 0.1) is 6.92 Å². The average Bonchev–Trinajstić information content (AvgIpc) is 3.15. The van der Waals surface area contributed by atoms with Crippen molar-refractivity contribution in [1.29, 1.82) is 0 Å². The summed E-state index contributed by atoms with van der Waals surface area (Å²) in [5.41, 5.74) is -1.64. The Balaban J connectivity index is 2.17. The lowest BCUT2D eigenvalue weighted by molar-refractivity contribution is -0.136. The third-order valence-corrected chi connectivity index (χ3v) is 6.31. The molecule has 29 heavy (non-hydrogen) atoms. The van der Waals surface area contributed by atoms with Crippen LogP contribution in [0.4, 0.5) is 22.0 Å². The number of nitrogens with zero attached hydrogens (tertiary/aromatic N) is 3. The summed E-state index contributed by atoms with van der Waals surface area (Å²) < 4.78 is 65.1. The quantitative estimate of drug-likeness (QED) is 0.535. The maximum absolute atomic E-state index is 12.9. The molecular weight excluding hydrogens is 439 g/mol. The lowest BCUT2D eigenvalue weighted by atomic mass is 10.2. The Labute approximate surface area is 170 Å². The Morgan fingerprint density at radius 1 is 1.24 bits per heavy atom. The van der Waals surface area contributed by atoms with Crippen LogP contribution in [0.3, 0.4) is 0 Å². The lowest BCUT2D eigenvalue weighted by Gasteiger charge is -2.15. The highest BCUT2D eigenvalue weighted by molar-refractivity contribution is 7.80. The molecule has 1 aliphatic heterocycles. The van der Waals surface area contributed by atoms with E-state index in [0.29, 0.717) is 39.8 Å². The van der Waals surface area contributed by atoms with Crippen LogP contribution in [0.15, 0.2) is 9.59 Å². The predicted octanol–water partition coefficient (Wildman–Crippen LogP) is 2.44. The summed E-state index contributed by atoms with van der Waals surface area (Å²) in [5, 5.41) is 3.47. The molecule has 0 saturated carbocycles. The third kappa shape index (κ3) is 4.44. The Bertz CT molecular complexity index is 1060. The Morgan fingerprint density at radius 2 is 1.93 bits per heavy atom. The Morgan fingerprint density at radius 3 is 2.48 bits per heavy atom. The van der Waals surface area contributed by atoms with E-state index >= 15 is 0 Å². The number of rotatable bonds is 6. The first-order valence-electron chi connectivity index (χ1n) is 8.63. The highest BCUT2D eigenvalue weighted by Crippen LogP contribution is 2.30. The second-order valence-electron chi connectivity index (χ2n) is 6.59. The molecule has 0 spiro atoms. The van der Waals surface area contributed by atoms with Crippen LogP contribution < -0.4 is 16.6 Å². The number of hydrogen-bond acceptors (Lipinski definition) is 4. The van der Waals surface area contributed by atoms with Crippen molar-refractivity contribution in [3.63, 3.8) is 0 Å². The van der Waals surface area contributed by atoms with Crippen molar-refractivity contribution in [2.24, 2.45) is 0 Å². The van der Waals surface area contributed by atoms with Gasteiger partial charge in [-0.2, -0.15) is 13.2 Å². The highest BCUT2D eigenvalue weighted by Gasteiger charge is 2.29. The van der Waals surface area contributed by atoms with Crippen LogP contribution in [0.1, 0.15) is 16.9 Å². The van der Waals surface area contributed by atoms with Crippen LogP contribution in [0.5, 0.6) is 0 Å². The number of aryl methyl sites for hydroxylation is 2. The molecule has 1 saturated heterocycles. The second-order valence-corrected chi connectivity index (χ2v) is 8.06. The molecule has 3 rings (SSSR count). The first kappa shape index (κ1) is 21.7. The van der Waals surface area contributed by atoms with Gasteiger partial charge in [-0.05, 0) is 24.7 Å². The molecule has 13 heteroatoms. The van der Waals surface area contributed by atoms with Crippen LogP contribution >= 0.6 is 23.6 Å². The van der Waals surface area contributed by atoms with Gasteiger partial charge in [0.05, 0.1) is 24.9 Å². The maximum Gasteiger partial charge on any atom is 0.390 e. The third-order valence-electron chi connectivity index (χ3n) is 4.61. The molecule has 0 amide bonds. The fourth-order valence-electron chi connectivity index (χ4n) is 3.16. The van der Waals surface area contributed by atoms with Crippen LogP contribution in [-0.4, -0.2) is 44.8 Å². The molecular formula is C16H17F5N4O2S2. The van der Waals surface area contributed by atoms with Crippen molar-refractivity contribution >= 4 is 38.9 Å². The van der Waals surface area contributed by atoms with Gasteiger partial charge in [0, 0.05) is 24.5 Å². The fourth-order valence-corrected chi connectivity index (χ4v) is 4.75. The lowest BCUT2D eigenvalue weighted by Crippen LogP contribution is -2.41. The number of nitrogens with one attached hydrogen (secondary N) is 1. The number of halogens is 5. The van der Waals surface area contributed by atoms with Gasteiger partial charge in [0.1, 0.15) is 4.83 Å². The first-order valence-corrected chi connectivity index (χ1v) is 9.85. The molecule has 0 radical (unpaired) electrons. The Kier molecular flexibility index (Phi) is 5.99. The summed E-state index contributed by atoms with van der Waals surface area (Å²) in [5.74, 6) is 0. The fraction of sp³-hybridized carbons (Fsp3) is 0.562. The van der Waals surface area contributed by atoms with E-state index in [9.17, 15) is 31.5 Å². The zero-order valence-electron chi connectivity index (χ0n) is 15.2. The van der Waals surface area contributed by atoms with E-state index in [1.807, 2.05) is 4.90 Å². The van der Waals surface area contributed by atoms with E-state index < -0.39 is 43.4 Å². The number of thiophene rings is 1. The van der Waals surface area contributed by atoms with E-state index in [1.54, 1.807) is 6.92 Å².